The molecule has 1 fully saturated rings. The normalized spacial score (nSPS) is 18.0. The third-order valence-electron chi connectivity index (χ3n) is 2.75. The number of nitrogens with zero attached hydrogens (tertiary/aromatic N) is 2. The molecule has 5 nitrogen and oxygen atoms in total. The van der Waals surface area contributed by atoms with E-state index in [1.165, 1.54) is 0 Å². The standard InChI is InChI=1S/C10H17N3O2/c1-2-5-14-6-8-12-9(15-13-8)10(7-11)3-4-10/h2-7,11H2,1H3. The van der Waals surface area contributed by atoms with Crippen molar-refractivity contribution in [3.63, 3.8) is 0 Å². The zero-order valence-electron chi connectivity index (χ0n) is 9.03. The van der Waals surface area contributed by atoms with Crippen molar-refractivity contribution < 1.29 is 9.26 Å². The summed E-state index contributed by atoms with van der Waals surface area (Å²) in [4.78, 5) is 4.30. The summed E-state index contributed by atoms with van der Waals surface area (Å²) in [6.07, 6.45) is 3.11. The Balaban J connectivity index is 1.92. The first-order valence-corrected chi connectivity index (χ1v) is 5.41. The van der Waals surface area contributed by atoms with Crippen molar-refractivity contribution in [2.75, 3.05) is 13.2 Å². The van der Waals surface area contributed by atoms with Crippen LogP contribution in [0.4, 0.5) is 0 Å². The number of ether oxygens (including phenoxy) is 1. The minimum absolute atomic E-state index is 0.0179. The van der Waals surface area contributed by atoms with Crippen LogP contribution in [0.1, 0.15) is 37.9 Å². The van der Waals surface area contributed by atoms with Gasteiger partial charge in [-0.3, -0.25) is 0 Å². The van der Waals surface area contributed by atoms with Crippen LogP contribution in [0.25, 0.3) is 0 Å². The molecular formula is C10H17N3O2. The Morgan fingerprint density at radius 3 is 2.93 bits per heavy atom. The molecule has 0 aromatic carbocycles. The molecule has 0 bridgehead atoms. The van der Waals surface area contributed by atoms with Gasteiger partial charge in [0.2, 0.25) is 5.89 Å². The van der Waals surface area contributed by atoms with Crippen molar-refractivity contribution in [2.45, 2.75) is 38.2 Å². The molecule has 0 saturated heterocycles. The van der Waals surface area contributed by atoms with Crippen LogP contribution >= 0.6 is 0 Å². The zero-order valence-corrected chi connectivity index (χ0v) is 9.03. The Hall–Kier alpha value is -0.940. The average Bonchev–Trinajstić information content (AvgIpc) is 2.92. The van der Waals surface area contributed by atoms with Crippen LogP contribution in [0.2, 0.25) is 0 Å². The Morgan fingerprint density at radius 1 is 1.53 bits per heavy atom. The Labute approximate surface area is 89.0 Å². The van der Waals surface area contributed by atoms with Crippen LogP contribution in [0, 0.1) is 0 Å². The van der Waals surface area contributed by atoms with Gasteiger partial charge in [0.15, 0.2) is 5.82 Å². The lowest BCUT2D eigenvalue weighted by molar-refractivity contribution is 0.114. The Bertz CT molecular complexity index is 320. The predicted octanol–water partition coefficient (Wildman–Crippen LogP) is 0.987. The molecular weight excluding hydrogens is 194 g/mol. The summed E-state index contributed by atoms with van der Waals surface area (Å²) in [5.41, 5.74) is 5.65. The lowest BCUT2D eigenvalue weighted by atomic mass is 10.1. The summed E-state index contributed by atoms with van der Waals surface area (Å²) in [6.45, 7) is 3.81. The first kappa shape index (κ1) is 10.6. The van der Waals surface area contributed by atoms with Crippen molar-refractivity contribution in [1.82, 2.24) is 10.1 Å². The van der Waals surface area contributed by atoms with Gasteiger partial charge in [-0.25, -0.2) is 0 Å². The van der Waals surface area contributed by atoms with Gasteiger partial charge in [0.05, 0.1) is 5.41 Å². The maximum atomic E-state index is 5.67. The second-order valence-electron chi connectivity index (χ2n) is 4.05. The van der Waals surface area contributed by atoms with Crippen molar-refractivity contribution >= 4 is 0 Å². The topological polar surface area (TPSA) is 74.2 Å². The van der Waals surface area contributed by atoms with Crippen LogP contribution in [-0.4, -0.2) is 23.3 Å². The molecule has 0 aliphatic heterocycles. The van der Waals surface area contributed by atoms with Gasteiger partial charge < -0.3 is 15.0 Å². The molecule has 5 heteroatoms. The first-order valence-electron chi connectivity index (χ1n) is 5.41. The number of hydrogen-bond donors (Lipinski definition) is 1. The van der Waals surface area contributed by atoms with E-state index < -0.39 is 0 Å². The van der Waals surface area contributed by atoms with Gasteiger partial charge in [0, 0.05) is 13.2 Å². The molecule has 2 N–H and O–H groups in total. The highest BCUT2D eigenvalue weighted by Gasteiger charge is 2.48. The number of rotatable bonds is 6. The second kappa shape index (κ2) is 4.28. The van der Waals surface area contributed by atoms with Crippen molar-refractivity contribution in [1.29, 1.82) is 0 Å². The van der Waals surface area contributed by atoms with E-state index in [4.69, 9.17) is 15.0 Å². The minimum Gasteiger partial charge on any atom is -0.373 e. The molecule has 1 aliphatic rings. The molecule has 0 atom stereocenters. The van der Waals surface area contributed by atoms with E-state index in [-0.39, 0.29) is 5.41 Å². The number of hydrogen-bond acceptors (Lipinski definition) is 5. The van der Waals surface area contributed by atoms with Crippen LogP contribution in [-0.2, 0) is 16.8 Å². The SMILES string of the molecule is CCCOCc1noc(C2(CN)CC2)n1. The Morgan fingerprint density at radius 2 is 2.33 bits per heavy atom. The highest BCUT2D eigenvalue weighted by atomic mass is 16.5. The smallest absolute Gasteiger partial charge is 0.234 e. The zero-order chi connectivity index (χ0) is 10.7. The highest BCUT2D eigenvalue weighted by molar-refractivity contribution is 5.16. The van der Waals surface area contributed by atoms with Crippen LogP contribution in [0.3, 0.4) is 0 Å². The van der Waals surface area contributed by atoms with Gasteiger partial charge in [0.25, 0.3) is 0 Å². The number of aromatic nitrogens is 2. The number of nitrogens with two attached hydrogens (primary N) is 1. The summed E-state index contributed by atoms with van der Waals surface area (Å²) < 4.78 is 10.5. The fraction of sp³-hybridized carbons (Fsp3) is 0.800. The van der Waals surface area contributed by atoms with Crippen LogP contribution in [0.5, 0.6) is 0 Å². The molecule has 2 rings (SSSR count). The molecule has 1 aliphatic carbocycles. The summed E-state index contributed by atoms with van der Waals surface area (Å²) >= 11 is 0. The monoisotopic (exact) mass is 211 g/mol. The summed E-state index contributed by atoms with van der Waals surface area (Å²) in [5, 5.41) is 3.88. The molecule has 0 amide bonds. The fourth-order valence-corrected chi connectivity index (χ4v) is 1.49. The Kier molecular flexibility index (Phi) is 3.02. The van der Waals surface area contributed by atoms with E-state index in [0.29, 0.717) is 24.9 Å². The molecule has 0 radical (unpaired) electrons. The quantitative estimate of drug-likeness (QED) is 0.710. The van der Waals surface area contributed by atoms with Crippen molar-refractivity contribution in [3.05, 3.63) is 11.7 Å². The largest absolute Gasteiger partial charge is 0.373 e. The van der Waals surface area contributed by atoms with E-state index in [1.54, 1.807) is 0 Å². The summed E-state index contributed by atoms with van der Waals surface area (Å²) in [7, 11) is 0. The maximum absolute atomic E-state index is 5.67. The van der Waals surface area contributed by atoms with Crippen LogP contribution in [0.15, 0.2) is 4.52 Å². The summed E-state index contributed by atoms with van der Waals surface area (Å²) in [5.74, 6) is 1.30. The van der Waals surface area contributed by atoms with Crippen molar-refractivity contribution in [2.24, 2.45) is 5.73 Å². The molecule has 1 aromatic heterocycles. The molecule has 1 saturated carbocycles. The van der Waals surface area contributed by atoms with Crippen LogP contribution < -0.4 is 5.73 Å². The third-order valence-corrected chi connectivity index (χ3v) is 2.75. The average molecular weight is 211 g/mol. The van der Waals surface area contributed by atoms with E-state index in [0.717, 1.165) is 25.9 Å². The maximum Gasteiger partial charge on any atom is 0.234 e. The lowest BCUT2D eigenvalue weighted by Crippen LogP contribution is -2.20. The molecule has 84 valence electrons. The van der Waals surface area contributed by atoms with Gasteiger partial charge >= 0.3 is 0 Å². The molecule has 1 aromatic rings. The van der Waals surface area contributed by atoms with Gasteiger partial charge in [-0.15, -0.1) is 0 Å². The molecule has 0 spiro atoms. The van der Waals surface area contributed by atoms with Gasteiger partial charge in [-0.05, 0) is 19.3 Å². The third kappa shape index (κ3) is 2.18. The lowest BCUT2D eigenvalue weighted by Gasteiger charge is -2.03. The molecule has 15 heavy (non-hydrogen) atoms. The van der Waals surface area contributed by atoms with E-state index in [2.05, 4.69) is 17.1 Å². The molecule has 0 unspecified atom stereocenters. The first-order chi connectivity index (χ1) is 7.30. The van der Waals surface area contributed by atoms with Gasteiger partial charge in [-0.2, -0.15) is 4.98 Å². The fourth-order valence-electron chi connectivity index (χ4n) is 1.49. The van der Waals surface area contributed by atoms with E-state index in [1.807, 2.05) is 0 Å². The van der Waals surface area contributed by atoms with E-state index in [9.17, 15) is 0 Å². The van der Waals surface area contributed by atoms with E-state index >= 15 is 0 Å². The van der Waals surface area contributed by atoms with Crippen molar-refractivity contribution in [3.8, 4) is 0 Å². The minimum atomic E-state index is -0.0179. The second-order valence-corrected chi connectivity index (χ2v) is 4.05. The highest BCUT2D eigenvalue weighted by Crippen LogP contribution is 2.46. The molecule has 1 heterocycles. The van der Waals surface area contributed by atoms with Gasteiger partial charge in [-0.1, -0.05) is 12.1 Å². The summed E-state index contributed by atoms with van der Waals surface area (Å²) in [6, 6.07) is 0. The predicted molar refractivity (Wildman–Crippen MR) is 54.2 cm³/mol. The van der Waals surface area contributed by atoms with Gasteiger partial charge in [0.1, 0.15) is 6.61 Å².